The summed E-state index contributed by atoms with van der Waals surface area (Å²) in [5.41, 5.74) is 0.509. The second-order valence-corrected chi connectivity index (χ2v) is 7.47. The van der Waals surface area contributed by atoms with Gasteiger partial charge in [0.1, 0.15) is 23.9 Å². The molecule has 3 aromatic carbocycles. The van der Waals surface area contributed by atoms with Crippen LogP contribution in [-0.4, -0.2) is 30.5 Å². The average Bonchev–Trinajstić information content (AvgIpc) is 2.85. The number of aromatic nitrogens is 1. The number of nitrogens with one attached hydrogen (secondary N) is 1. The number of pyridine rings is 1. The van der Waals surface area contributed by atoms with Gasteiger partial charge in [0.25, 0.3) is 0 Å². The molecule has 4 rings (SSSR count). The van der Waals surface area contributed by atoms with Crippen LogP contribution in [-0.2, 0) is 11.3 Å². The number of amides is 1. The van der Waals surface area contributed by atoms with Gasteiger partial charge in [-0.15, -0.1) is 0 Å². The third-order valence-corrected chi connectivity index (χ3v) is 5.33. The maximum absolute atomic E-state index is 13.3. The topological polar surface area (TPSA) is 86.6 Å². The lowest BCUT2D eigenvalue weighted by atomic mass is 10.0. The summed E-state index contributed by atoms with van der Waals surface area (Å²) >= 11 is 0. The summed E-state index contributed by atoms with van der Waals surface area (Å²) < 4.78 is 25.3. The van der Waals surface area contributed by atoms with Crippen LogP contribution in [0.25, 0.3) is 10.9 Å². The van der Waals surface area contributed by atoms with Crippen LogP contribution < -0.4 is 20.2 Å². The predicted octanol–water partition coefficient (Wildman–Crippen LogP) is 4.03. The maximum Gasteiger partial charge on any atom is 0.244 e. The number of halogens is 1. The quantitative estimate of drug-likeness (QED) is 0.421. The molecular formula is C26H21FN2O5. The lowest BCUT2D eigenvalue weighted by Gasteiger charge is -2.15. The lowest BCUT2D eigenvalue weighted by Crippen LogP contribution is -2.24. The first kappa shape index (κ1) is 22.7. The fraction of sp³-hybridized carbons (Fsp3) is 0.115. The molecule has 0 spiro atoms. The van der Waals surface area contributed by atoms with E-state index in [1.165, 1.54) is 37.1 Å². The Morgan fingerprint density at radius 1 is 0.971 bits per heavy atom. The van der Waals surface area contributed by atoms with Gasteiger partial charge in [0.05, 0.1) is 31.0 Å². The van der Waals surface area contributed by atoms with E-state index in [1.54, 1.807) is 42.5 Å². The van der Waals surface area contributed by atoms with Crippen molar-refractivity contribution in [2.24, 2.45) is 0 Å². The van der Waals surface area contributed by atoms with E-state index in [2.05, 4.69) is 5.32 Å². The first-order valence-electron chi connectivity index (χ1n) is 10.4. The molecule has 0 radical (unpaired) electrons. The molecule has 0 aliphatic heterocycles. The third-order valence-electron chi connectivity index (χ3n) is 5.33. The van der Waals surface area contributed by atoms with Gasteiger partial charge in [-0.2, -0.15) is 0 Å². The second-order valence-electron chi connectivity index (χ2n) is 7.47. The molecule has 1 aromatic heterocycles. The average molecular weight is 460 g/mol. The Balaban J connectivity index is 1.72. The van der Waals surface area contributed by atoms with E-state index < -0.39 is 22.9 Å². The van der Waals surface area contributed by atoms with Gasteiger partial charge in [0, 0.05) is 23.2 Å². The number of anilines is 1. The maximum atomic E-state index is 13.3. The van der Waals surface area contributed by atoms with Gasteiger partial charge in [-0.25, -0.2) is 4.39 Å². The summed E-state index contributed by atoms with van der Waals surface area (Å²) in [7, 11) is 3.00. The fourth-order valence-corrected chi connectivity index (χ4v) is 3.65. The van der Waals surface area contributed by atoms with Gasteiger partial charge in [-0.1, -0.05) is 12.1 Å². The second kappa shape index (κ2) is 9.58. The van der Waals surface area contributed by atoms with Crippen molar-refractivity contribution in [2.75, 3.05) is 19.5 Å². The molecule has 1 heterocycles. The number of ether oxygens (including phenoxy) is 2. The number of hydrogen-bond acceptors (Lipinski definition) is 5. The minimum atomic E-state index is -0.556. The summed E-state index contributed by atoms with van der Waals surface area (Å²) in [6.45, 7) is -0.176. The molecule has 0 aliphatic carbocycles. The van der Waals surface area contributed by atoms with E-state index in [-0.39, 0.29) is 17.7 Å². The zero-order valence-electron chi connectivity index (χ0n) is 18.5. The Bertz CT molecular complexity index is 1440. The fourth-order valence-electron chi connectivity index (χ4n) is 3.65. The largest absolute Gasteiger partial charge is 0.497 e. The smallest absolute Gasteiger partial charge is 0.244 e. The molecule has 0 unspecified atom stereocenters. The highest BCUT2D eigenvalue weighted by atomic mass is 19.1. The first-order chi connectivity index (χ1) is 16.4. The molecule has 0 atom stereocenters. The monoisotopic (exact) mass is 460 g/mol. The van der Waals surface area contributed by atoms with Crippen molar-refractivity contribution in [2.45, 2.75) is 6.54 Å². The number of carbonyl (C=O) groups is 2. The number of benzene rings is 3. The van der Waals surface area contributed by atoms with E-state index in [0.29, 0.717) is 28.1 Å². The molecule has 0 bridgehead atoms. The highest BCUT2D eigenvalue weighted by molar-refractivity contribution is 6.10. The Kier molecular flexibility index (Phi) is 6.40. The van der Waals surface area contributed by atoms with Crippen molar-refractivity contribution in [1.29, 1.82) is 0 Å². The van der Waals surface area contributed by atoms with Crippen molar-refractivity contribution in [3.63, 3.8) is 0 Å². The van der Waals surface area contributed by atoms with Crippen LogP contribution in [0.4, 0.5) is 10.1 Å². The summed E-state index contributed by atoms with van der Waals surface area (Å²) in [6, 6.07) is 16.7. The summed E-state index contributed by atoms with van der Waals surface area (Å²) in [6.07, 6.45) is 1.36. The van der Waals surface area contributed by atoms with Gasteiger partial charge < -0.3 is 19.4 Å². The Morgan fingerprint density at radius 2 is 1.71 bits per heavy atom. The van der Waals surface area contributed by atoms with Gasteiger partial charge in [-0.3, -0.25) is 14.4 Å². The first-order valence-corrected chi connectivity index (χ1v) is 10.4. The van der Waals surface area contributed by atoms with E-state index in [4.69, 9.17) is 9.47 Å². The number of methoxy groups -OCH3 is 2. The number of fused-ring (bicyclic) bond motifs is 1. The van der Waals surface area contributed by atoms with E-state index in [9.17, 15) is 18.8 Å². The zero-order valence-corrected chi connectivity index (χ0v) is 18.5. The van der Waals surface area contributed by atoms with Gasteiger partial charge in [0.2, 0.25) is 11.3 Å². The van der Waals surface area contributed by atoms with Gasteiger partial charge >= 0.3 is 0 Å². The molecule has 34 heavy (non-hydrogen) atoms. The number of ketones is 1. The number of hydrogen-bond donors (Lipinski definition) is 1. The minimum Gasteiger partial charge on any atom is -0.497 e. The molecule has 0 fully saturated rings. The zero-order chi connectivity index (χ0) is 24.2. The number of nitrogens with zero attached hydrogens (tertiary/aromatic N) is 1. The molecule has 0 saturated heterocycles. The Labute approximate surface area is 194 Å². The number of rotatable bonds is 7. The Morgan fingerprint density at radius 3 is 2.41 bits per heavy atom. The molecule has 0 saturated carbocycles. The van der Waals surface area contributed by atoms with E-state index in [0.717, 1.165) is 12.1 Å². The normalized spacial score (nSPS) is 10.7. The van der Waals surface area contributed by atoms with Crippen LogP contribution in [0.1, 0.15) is 15.9 Å². The molecule has 1 N–H and O–H groups in total. The van der Waals surface area contributed by atoms with Crippen LogP contribution in [0, 0.1) is 5.82 Å². The molecular weight excluding hydrogens is 439 g/mol. The number of para-hydroxylation sites is 1. The highest BCUT2D eigenvalue weighted by Crippen LogP contribution is 2.29. The standard InChI is InChI=1S/C26H21FN2O5/c1-33-18-11-12-23(34-2)21(13-18)28-24(30)15-29-14-20(25(31)16-7-9-17(27)10-8-16)26(32)19-5-3-4-6-22(19)29/h3-14H,15H2,1-2H3,(H,28,30). The van der Waals surface area contributed by atoms with E-state index >= 15 is 0 Å². The highest BCUT2D eigenvalue weighted by Gasteiger charge is 2.19. The van der Waals surface area contributed by atoms with Crippen LogP contribution in [0.2, 0.25) is 0 Å². The van der Waals surface area contributed by atoms with Crippen LogP contribution in [0.3, 0.4) is 0 Å². The third kappa shape index (κ3) is 4.52. The van der Waals surface area contributed by atoms with Crippen LogP contribution >= 0.6 is 0 Å². The molecule has 7 nitrogen and oxygen atoms in total. The minimum absolute atomic E-state index is 0.114. The van der Waals surface area contributed by atoms with Gasteiger partial charge in [-0.05, 0) is 48.5 Å². The van der Waals surface area contributed by atoms with Crippen molar-refractivity contribution < 1.29 is 23.5 Å². The van der Waals surface area contributed by atoms with Crippen molar-refractivity contribution >= 4 is 28.3 Å². The van der Waals surface area contributed by atoms with Crippen LogP contribution in [0.5, 0.6) is 11.5 Å². The molecule has 172 valence electrons. The molecule has 4 aromatic rings. The summed E-state index contributed by atoms with van der Waals surface area (Å²) in [4.78, 5) is 39.0. The van der Waals surface area contributed by atoms with E-state index in [1.807, 2.05) is 0 Å². The van der Waals surface area contributed by atoms with Crippen molar-refractivity contribution in [3.8, 4) is 11.5 Å². The SMILES string of the molecule is COc1ccc(OC)c(NC(=O)Cn2cc(C(=O)c3ccc(F)cc3)c(=O)c3ccccc32)c1. The number of carbonyl (C=O) groups excluding carboxylic acids is 2. The molecule has 1 amide bonds. The van der Waals surface area contributed by atoms with Gasteiger partial charge in [0.15, 0.2) is 5.78 Å². The Hall–Kier alpha value is -4.46. The predicted molar refractivity (Wildman–Crippen MR) is 126 cm³/mol. The van der Waals surface area contributed by atoms with Crippen molar-refractivity contribution in [1.82, 2.24) is 4.57 Å². The lowest BCUT2D eigenvalue weighted by molar-refractivity contribution is -0.116. The molecule has 8 heteroatoms. The summed E-state index contributed by atoms with van der Waals surface area (Å²) in [5.74, 6) is -0.458. The van der Waals surface area contributed by atoms with Crippen molar-refractivity contribution in [3.05, 3.63) is 100 Å². The molecule has 0 aliphatic rings. The summed E-state index contributed by atoms with van der Waals surface area (Å²) in [5, 5.41) is 3.07. The van der Waals surface area contributed by atoms with Crippen LogP contribution in [0.15, 0.2) is 77.7 Å².